The van der Waals surface area contributed by atoms with Crippen molar-refractivity contribution in [1.82, 2.24) is 0 Å². The molecular weight excluding hydrogens is 212 g/mol. The van der Waals surface area contributed by atoms with Crippen LogP contribution in [0.15, 0.2) is 29.8 Å². The summed E-state index contributed by atoms with van der Waals surface area (Å²) in [5, 5.41) is 0. The van der Waals surface area contributed by atoms with Crippen LogP contribution in [-0.2, 0) is 4.79 Å². The molecule has 0 unspecified atom stereocenters. The second-order valence-corrected chi connectivity index (χ2v) is 4.43. The third-order valence-corrected chi connectivity index (χ3v) is 3.16. The van der Waals surface area contributed by atoms with Gasteiger partial charge in [0.1, 0.15) is 5.75 Å². The van der Waals surface area contributed by atoms with E-state index in [9.17, 15) is 4.79 Å². The molecule has 1 aliphatic carbocycles. The molecule has 17 heavy (non-hydrogen) atoms. The lowest BCUT2D eigenvalue weighted by Gasteiger charge is -2.03. The summed E-state index contributed by atoms with van der Waals surface area (Å²) in [6.07, 6.45) is 7.00. The minimum atomic E-state index is 0.318. The minimum absolute atomic E-state index is 0.318. The molecule has 0 heterocycles. The number of hydrogen-bond acceptors (Lipinski definition) is 2. The molecule has 0 atom stereocenters. The Morgan fingerprint density at radius 2 is 1.76 bits per heavy atom. The molecule has 0 bridgehead atoms. The number of ketones is 1. The van der Waals surface area contributed by atoms with Gasteiger partial charge in [-0.1, -0.05) is 18.6 Å². The van der Waals surface area contributed by atoms with Crippen LogP contribution < -0.4 is 4.74 Å². The Kier molecular flexibility index (Phi) is 3.97. The van der Waals surface area contributed by atoms with Crippen molar-refractivity contribution in [3.8, 4) is 5.75 Å². The fraction of sp³-hybridized carbons (Fsp3) is 0.400. The first kappa shape index (κ1) is 11.9. The maximum atomic E-state index is 11.8. The van der Waals surface area contributed by atoms with Crippen LogP contribution in [0.25, 0.3) is 6.08 Å². The van der Waals surface area contributed by atoms with Gasteiger partial charge in [0, 0.05) is 6.42 Å². The van der Waals surface area contributed by atoms with E-state index in [-0.39, 0.29) is 0 Å². The summed E-state index contributed by atoms with van der Waals surface area (Å²) in [5.41, 5.74) is 2.06. The molecule has 0 amide bonds. The quantitative estimate of drug-likeness (QED) is 0.573. The average Bonchev–Trinajstić information content (AvgIpc) is 2.56. The van der Waals surface area contributed by atoms with Crippen molar-refractivity contribution in [3.63, 3.8) is 0 Å². The van der Waals surface area contributed by atoms with E-state index in [0.717, 1.165) is 36.1 Å². The van der Waals surface area contributed by atoms with Gasteiger partial charge in [0.25, 0.3) is 0 Å². The van der Waals surface area contributed by atoms with E-state index >= 15 is 0 Å². The zero-order valence-corrected chi connectivity index (χ0v) is 10.2. The number of benzene rings is 1. The van der Waals surface area contributed by atoms with Crippen molar-refractivity contribution in [3.05, 3.63) is 35.4 Å². The van der Waals surface area contributed by atoms with E-state index in [0.29, 0.717) is 12.2 Å². The first-order valence-corrected chi connectivity index (χ1v) is 6.17. The third kappa shape index (κ3) is 3.19. The van der Waals surface area contributed by atoms with Gasteiger partial charge in [0.15, 0.2) is 5.78 Å². The Hall–Kier alpha value is -1.57. The zero-order chi connectivity index (χ0) is 12.1. The van der Waals surface area contributed by atoms with E-state index in [1.165, 1.54) is 6.42 Å². The summed E-state index contributed by atoms with van der Waals surface area (Å²) >= 11 is 0. The number of carbonyl (C=O) groups is 1. The molecule has 1 fully saturated rings. The van der Waals surface area contributed by atoms with Crippen molar-refractivity contribution in [1.29, 1.82) is 0 Å². The lowest BCUT2D eigenvalue weighted by Crippen LogP contribution is -1.99. The van der Waals surface area contributed by atoms with Gasteiger partial charge in [0.2, 0.25) is 0 Å². The third-order valence-electron chi connectivity index (χ3n) is 3.16. The van der Waals surface area contributed by atoms with Crippen LogP contribution in [0, 0.1) is 0 Å². The number of ether oxygens (including phenoxy) is 1. The maximum absolute atomic E-state index is 11.8. The molecule has 2 nitrogen and oxygen atoms in total. The molecule has 1 aromatic rings. The van der Waals surface area contributed by atoms with E-state index in [4.69, 9.17) is 4.74 Å². The number of allylic oxidation sites excluding steroid dienone is 1. The Morgan fingerprint density at radius 1 is 1.06 bits per heavy atom. The molecular formula is C15H18O2. The Balaban J connectivity index is 2.18. The highest BCUT2D eigenvalue weighted by molar-refractivity contribution is 5.99. The predicted molar refractivity (Wildman–Crippen MR) is 69.1 cm³/mol. The molecule has 0 aliphatic heterocycles. The smallest absolute Gasteiger partial charge is 0.158 e. The largest absolute Gasteiger partial charge is 0.497 e. The van der Waals surface area contributed by atoms with Gasteiger partial charge in [-0.3, -0.25) is 4.79 Å². The summed E-state index contributed by atoms with van der Waals surface area (Å²) in [6.45, 7) is 0. The van der Waals surface area contributed by atoms with Crippen LogP contribution in [0.2, 0.25) is 0 Å². The summed E-state index contributed by atoms with van der Waals surface area (Å²) < 4.78 is 5.11. The van der Waals surface area contributed by atoms with E-state index in [1.54, 1.807) is 7.11 Å². The molecule has 1 aliphatic rings. The molecule has 1 saturated carbocycles. The van der Waals surface area contributed by atoms with Gasteiger partial charge in [-0.05, 0) is 48.6 Å². The molecule has 0 aromatic heterocycles. The zero-order valence-electron chi connectivity index (χ0n) is 10.2. The Labute approximate surface area is 102 Å². The van der Waals surface area contributed by atoms with Gasteiger partial charge in [-0.2, -0.15) is 0 Å². The van der Waals surface area contributed by atoms with Crippen LogP contribution in [0.3, 0.4) is 0 Å². The maximum Gasteiger partial charge on any atom is 0.158 e. The normalized spacial score (nSPS) is 19.1. The summed E-state index contributed by atoms with van der Waals surface area (Å²) in [6, 6.07) is 7.83. The van der Waals surface area contributed by atoms with Gasteiger partial charge < -0.3 is 4.74 Å². The monoisotopic (exact) mass is 230 g/mol. The van der Waals surface area contributed by atoms with Crippen molar-refractivity contribution in [2.75, 3.05) is 7.11 Å². The van der Waals surface area contributed by atoms with E-state index < -0.39 is 0 Å². The summed E-state index contributed by atoms with van der Waals surface area (Å²) in [4.78, 5) is 11.8. The second-order valence-electron chi connectivity index (χ2n) is 4.43. The van der Waals surface area contributed by atoms with Crippen molar-refractivity contribution in [2.24, 2.45) is 0 Å². The SMILES string of the molecule is COc1ccc(/C=C2\CCCCCC2=O)cc1. The number of carbonyl (C=O) groups excluding carboxylic acids is 1. The molecule has 2 heteroatoms. The molecule has 0 saturated heterocycles. The topological polar surface area (TPSA) is 26.3 Å². The second kappa shape index (κ2) is 5.67. The summed E-state index contributed by atoms with van der Waals surface area (Å²) in [7, 11) is 1.66. The Bertz CT molecular complexity index is 415. The van der Waals surface area contributed by atoms with E-state index in [1.807, 2.05) is 30.3 Å². The highest BCUT2D eigenvalue weighted by Crippen LogP contribution is 2.22. The van der Waals surface area contributed by atoms with Crippen LogP contribution in [-0.4, -0.2) is 12.9 Å². The van der Waals surface area contributed by atoms with Crippen molar-refractivity contribution >= 4 is 11.9 Å². The molecule has 0 N–H and O–H groups in total. The lowest BCUT2D eigenvalue weighted by molar-refractivity contribution is -0.115. The van der Waals surface area contributed by atoms with Gasteiger partial charge in [0.05, 0.1) is 7.11 Å². The number of hydrogen-bond donors (Lipinski definition) is 0. The highest BCUT2D eigenvalue weighted by Gasteiger charge is 2.12. The minimum Gasteiger partial charge on any atom is -0.497 e. The van der Waals surface area contributed by atoms with E-state index in [2.05, 4.69) is 0 Å². The Morgan fingerprint density at radius 3 is 2.47 bits per heavy atom. The predicted octanol–water partition coefficient (Wildman–Crippen LogP) is 3.61. The molecule has 1 aromatic carbocycles. The van der Waals surface area contributed by atoms with Crippen LogP contribution in [0.5, 0.6) is 5.75 Å². The highest BCUT2D eigenvalue weighted by atomic mass is 16.5. The summed E-state index contributed by atoms with van der Waals surface area (Å²) in [5.74, 6) is 1.16. The number of Topliss-reactive ketones (excluding diaryl/α,β-unsaturated/α-hetero) is 1. The average molecular weight is 230 g/mol. The van der Waals surface area contributed by atoms with Gasteiger partial charge in [-0.15, -0.1) is 0 Å². The standard InChI is InChI=1S/C15H18O2/c1-17-14-9-7-12(8-10-14)11-13-5-3-2-4-6-15(13)16/h7-11H,2-6H2,1H3/b13-11+. The van der Waals surface area contributed by atoms with Crippen LogP contribution >= 0.6 is 0 Å². The van der Waals surface area contributed by atoms with Crippen LogP contribution in [0.1, 0.15) is 37.7 Å². The molecule has 0 radical (unpaired) electrons. The fourth-order valence-electron chi connectivity index (χ4n) is 2.13. The number of rotatable bonds is 2. The molecule has 0 spiro atoms. The van der Waals surface area contributed by atoms with Crippen LogP contribution in [0.4, 0.5) is 0 Å². The first-order chi connectivity index (χ1) is 8.29. The number of methoxy groups -OCH3 is 1. The van der Waals surface area contributed by atoms with Gasteiger partial charge in [-0.25, -0.2) is 0 Å². The molecule has 2 rings (SSSR count). The first-order valence-electron chi connectivity index (χ1n) is 6.17. The molecule has 90 valence electrons. The fourth-order valence-corrected chi connectivity index (χ4v) is 2.13. The van der Waals surface area contributed by atoms with Gasteiger partial charge >= 0.3 is 0 Å². The lowest BCUT2D eigenvalue weighted by atomic mass is 10.0. The van der Waals surface area contributed by atoms with Crippen molar-refractivity contribution in [2.45, 2.75) is 32.1 Å². The van der Waals surface area contributed by atoms with Crippen molar-refractivity contribution < 1.29 is 9.53 Å².